The van der Waals surface area contributed by atoms with Crippen LogP contribution >= 0.6 is 0 Å². The van der Waals surface area contributed by atoms with Crippen LogP contribution in [0.1, 0.15) is 74.4 Å². The van der Waals surface area contributed by atoms with E-state index in [0.29, 0.717) is 55.4 Å². The average Bonchev–Trinajstić information content (AvgIpc) is 3.49. The van der Waals surface area contributed by atoms with E-state index in [1.165, 1.54) is 6.33 Å². The number of hydrogen-bond donors (Lipinski definition) is 1. The number of nitriles is 1. The molecule has 1 fully saturated rings. The Balaban J connectivity index is 1.52. The van der Waals surface area contributed by atoms with Crippen molar-refractivity contribution in [3.63, 3.8) is 0 Å². The van der Waals surface area contributed by atoms with Gasteiger partial charge in [-0.25, -0.2) is 8.91 Å². The van der Waals surface area contributed by atoms with Gasteiger partial charge in [-0.15, -0.1) is 0 Å². The number of rotatable bonds is 10. The van der Waals surface area contributed by atoms with Gasteiger partial charge in [0.2, 0.25) is 5.78 Å². The molecule has 2 heterocycles. The summed E-state index contributed by atoms with van der Waals surface area (Å²) in [5.41, 5.74) is 4.51. The summed E-state index contributed by atoms with van der Waals surface area (Å²) in [5.74, 6) is 0.520. The van der Waals surface area contributed by atoms with E-state index in [9.17, 15) is 19.6 Å². The third-order valence-corrected chi connectivity index (χ3v) is 8.14. The summed E-state index contributed by atoms with van der Waals surface area (Å²) < 4.78 is 22.3. The van der Waals surface area contributed by atoms with Crippen LogP contribution in [0.25, 0.3) is 16.9 Å². The number of nitrogens with zero attached hydrogens (tertiary/aromatic N) is 5. The predicted molar refractivity (Wildman–Crippen MR) is 154 cm³/mol. The molecule has 2 atom stereocenters. The number of benzene rings is 2. The Hall–Kier alpha value is -3.87. The minimum Gasteiger partial charge on any atom is -0.388 e. The molecule has 4 aromatic rings. The number of aryl methyl sites for hydroxylation is 1. The first-order chi connectivity index (χ1) is 20.0. The second kappa shape index (κ2) is 12.8. The van der Waals surface area contributed by atoms with Gasteiger partial charge in [0.15, 0.2) is 0 Å². The van der Waals surface area contributed by atoms with E-state index in [1.807, 2.05) is 48.5 Å². The van der Waals surface area contributed by atoms with Crippen molar-refractivity contribution in [3.05, 3.63) is 87.6 Å². The standard InChI is InChI=1S/C32H36FN5O3/c1-3-8-29-27(17-23-11-7-12-26(28(23)19-34)22-9-5-4-6-10-22)31(40)37(32-35-20-36-38(29)32)24-13-15-25(16-14-24)41-21(2)30(39)18-33/h4-7,9-12,20-21,24-25,30,39H,3,8,13-18H2,1-2H3. The number of fused-ring (bicyclic) bond motifs is 1. The minimum absolute atomic E-state index is 0.101. The molecular weight excluding hydrogens is 521 g/mol. The second-order valence-electron chi connectivity index (χ2n) is 10.8. The van der Waals surface area contributed by atoms with Crippen molar-refractivity contribution in [3.8, 4) is 17.2 Å². The Bertz CT molecular complexity index is 1580. The molecule has 1 aliphatic carbocycles. The molecule has 9 heteroatoms. The number of aliphatic hydroxyl groups excluding tert-OH is 1. The summed E-state index contributed by atoms with van der Waals surface area (Å²) >= 11 is 0. The van der Waals surface area contributed by atoms with E-state index in [0.717, 1.165) is 28.8 Å². The topological polar surface area (TPSA) is 105 Å². The Morgan fingerprint density at radius 3 is 2.59 bits per heavy atom. The van der Waals surface area contributed by atoms with Crippen molar-refractivity contribution >= 4 is 5.78 Å². The molecule has 8 nitrogen and oxygen atoms in total. The van der Waals surface area contributed by atoms with E-state index < -0.39 is 18.9 Å². The normalized spacial score (nSPS) is 18.7. The zero-order valence-corrected chi connectivity index (χ0v) is 23.5. The lowest BCUT2D eigenvalue weighted by molar-refractivity contribution is -0.0862. The molecule has 0 bridgehead atoms. The van der Waals surface area contributed by atoms with Crippen LogP contribution in [0.15, 0.2) is 59.7 Å². The fourth-order valence-corrected chi connectivity index (χ4v) is 5.97. The molecule has 1 N–H and O–H groups in total. The summed E-state index contributed by atoms with van der Waals surface area (Å²) in [6.45, 7) is 2.91. The summed E-state index contributed by atoms with van der Waals surface area (Å²) in [7, 11) is 0. The Labute approximate surface area is 239 Å². The van der Waals surface area contributed by atoms with Crippen LogP contribution in [0.5, 0.6) is 0 Å². The molecule has 2 aromatic heterocycles. The molecule has 0 radical (unpaired) electrons. The van der Waals surface area contributed by atoms with E-state index in [2.05, 4.69) is 23.1 Å². The first-order valence-electron chi connectivity index (χ1n) is 14.4. The van der Waals surface area contributed by atoms with Gasteiger partial charge in [0.1, 0.15) is 25.2 Å². The highest BCUT2D eigenvalue weighted by atomic mass is 19.1. The van der Waals surface area contributed by atoms with Crippen molar-refractivity contribution in [1.82, 2.24) is 19.2 Å². The SMILES string of the molecule is CCCc1c(Cc2cccc(-c3ccccc3)c2C#N)c(=O)n(C2CCC(OC(C)C(O)CF)CC2)c2ncnn12. The highest BCUT2D eigenvalue weighted by Gasteiger charge is 2.30. The van der Waals surface area contributed by atoms with Crippen LogP contribution in [-0.2, 0) is 17.6 Å². The fourth-order valence-electron chi connectivity index (χ4n) is 5.97. The highest BCUT2D eigenvalue weighted by Crippen LogP contribution is 2.32. The maximum absolute atomic E-state index is 14.3. The molecule has 1 aliphatic rings. The molecule has 214 valence electrons. The molecule has 1 saturated carbocycles. The van der Waals surface area contributed by atoms with Crippen LogP contribution in [-0.4, -0.2) is 49.3 Å². The molecule has 2 unspecified atom stereocenters. The molecule has 5 rings (SSSR count). The van der Waals surface area contributed by atoms with E-state index >= 15 is 0 Å². The zero-order valence-electron chi connectivity index (χ0n) is 23.5. The number of aromatic nitrogens is 4. The van der Waals surface area contributed by atoms with Crippen molar-refractivity contribution in [2.45, 2.75) is 83.1 Å². The lowest BCUT2D eigenvalue weighted by Crippen LogP contribution is -2.37. The Morgan fingerprint density at radius 1 is 1.15 bits per heavy atom. The Morgan fingerprint density at radius 2 is 1.90 bits per heavy atom. The molecule has 0 saturated heterocycles. The van der Waals surface area contributed by atoms with Gasteiger partial charge in [-0.2, -0.15) is 15.3 Å². The first kappa shape index (κ1) is 28.7. The quantitative estimate of drug-likeness (QED) is 0.288. The second-order valence-corrected chi connectivity index (χ2v) is 10.8. The van der Waals surface area contributed by atoms with Gasteiger partial charge in [-0.1, -0.05) is 61.9 Å². The highest BCUT2D eigenvalue weighted by molar-refractivity contribution is 5.72. The summed E-state index contributed by atoms with van der Waals surface area (Å²) in [6.07, 6.45) is 4.18. The van der Waals surface area contributed by atoms with Crippen LogP contribution in [0.2, 0.25) is 0 Å². The van der Waals surface area contributed by atoms with Gasteiger partial charge in [0.05, 0.1) is 23.5 Å². The van der Waals surface area contributed by atoms with Gasteiger partial charge < -0.3 is 9.84 Å². The molecular formula is C32H36FN5O3. The number of alkyl halides is 1. The number of halogens is 1. The molecule has 2 aromatic carbocycles. The Kier molecular flexibility index (Phi) is 8.91. The van der Waals surface area contributed by atoms with Crippen LogP contribution in [0.3, 0.4) is 0 Å². The molecule has 41 heavy (non-hydrogen) atoms. The van der Waals surface area contributed by atoms with Crippen molar-refractivity contribution in [2.24, 2.45) is 0 Å². The van der Waals surface area contributed by atoms with Gasteiger partial charge >= 0.3 is 0 Å². The van der Waals surface area contributed by atoms with Crippen LogP contribution in [0.4, 0.5) is 4.39 Å². The summed E-state index contributed by atoms with van der Waals surface area (Å²) in [6, 6.07) is 17.9. The predicted octanol–water partition coefficient (Wildman–Crippen LogP) is 5.19. The molecule has 0 aliphatic heterocycles. The van der Waals surface area contributed by atoms with Gasteiger partial charge in [0.25, 0.3) is 5.56 Å². The number of hydrogen-bond acceptors (Lipinski definition) is 6. The molecule has 0 spiro atoms. The van der Waals surface area contributed by atoms with Gasteiger partial charge in [-0.3, -0.25) is 9.36 Å². The fraction of sp³-hybridized carbons (Fsp3) is 0.438. The lowest BCUT2D eigenvalue weighted by atomic mass is 9.91. The van der Waals surface area contributed by atoms with Crippen LogP contribution in [0, 0.1) is 11.3 Å². The van der Waals surface area contributed by atoms with Gasteiger partial charge in [0, 0.05) is 18.0 Å². The zero-order chi connectivity index (χ0) is 28.9. The minimum atomic E-state index is -1.14. The number of aliphatic hydroxyl groups is 1. The molecule has 0 amide bonds. The summed E-state index contributed by atoms with van der Waals surface area (Å²) in [4.78, 5) is 18.8. The third-order valence-electron chi connectivity index (χ3n) is 8.14. The van der Waals surface area contributed by atoms with Crippen molar-refractivity contribution < 1.29 is 14.2 Å². The van der Waals surface area contributed by atoms with E-state index in [1.54, 1.807) is 16.0 Å². The van der Waals surface area contributed by atoms with Crippen molar-refractivity contribution in [1.29, 1.82) is 5.26 Å². The van der Waals surface area contributed by atoms with Crippen LogP contribution < -0.4 is 5.56 Å². The van der Waals surface area contributed by atoms with E-state index in [4.69, 9.17) is 4.74 Å². The smallest absolute Gasteiger partial charge is 0.259 e. The lowest BCUT2D eigenvalue weighted by Gasteiger charge is -2.32. The van der Waals surface area contributed by atoms with Crippen molar-refractivity contribution in [2.75, 3.05) is 6.67 Å². The van der Waals surface area contributed by atoms with Gasteiger partial charge in [-0.05, 0) is 55.7 Å². The largest absolute Gasteiger partial charge is 0.388 e. The van der Waals surface area contributed by atoms with E-state index in [-0.39, 0.29) is 17.7 Å². The first-order valence-corrected chi connectivity index (χ1v) is 14.4. The average molecular weight is 558 g/mol. The maximum atomic E-state index is 14.3. The monoisotopic (exact) mass is 557 g/mol. The maximum Gasteiger partial charge on any atom is 0.259 e. The third kappa shape index (κ3) is 5.81. The number of ether oxygens (including phenoxy) is 1. The summed E-state index contributed by atoms with van der Waals surface area (Å²) in [5, 5.41) is 24.5.